The second-order valence-electron chi connectivity index (χ2n) is 7.19. The number of aliphatic hydroxyl groups is 1. The van der Waals surface area contributed by atoms with Crippen LogP contribution in [0.2, 0.25) is 0 Å². The molecule has 0 heterocycles. The summed E-state index contributed by atoms with van der Waals surface area (Å²) in [5.74, 6) is 1.16. The molecule has 0 aliphatic heterocycles. The molecule has 3 aromatic rings. The molecule has 0 aliphatic rings. The Morgan fingerprint density at radius 3 is 1.59 bits per heavy atom. The summed E-state index contributed by atoms with van der Waals surface area (Å²) in [6.45, 7) is 0.864. The van der Waals surface area contributed by atoms with Crippen molar-refractivity contribution in [2.45, 2.75) is 18.0 Å². The highest BCUT2D eigenvalue weighted by Crippen LogP contribution is 2.43. The number of aliphatic hydroxyl groups excluding tert-OH is 1. The molecule has 6 nitrogen and oxygen atoms in total. The molecule has 32 heavy (non-hydrogen) atoms. The van der Waals surface area contributed by atoms with Gasteiger partial charge in [0.05, 0.1) is 26.6 Å². The maximum atomic E-state index is 12.8. The Labute approximate surface area is 189 Å². The van der Waals surface area contributed by atoms with Gasteiger partial charge in [-0.1, -0.05) is 61.5 Å². The number of hydrogen-bond donors (Lipinski definition) is 1. The minimum atomic E-state index is -3.71. The van der Waals surface area contributed by atoms with Gasteiger partial charge in [0.15, 0.2) is 15.3 Å². The molecule has 0 saturated heterocycles. The Morgan fingerprint density at radius 2 is 1.22 bits per heavy atom. The van der Waals surface area contributed by atoms with Crippen LogP contribution in [0.25, 0.3) is 0 Å². The molecule has 0 fully saturated rings. The zero-order valence-corrected chi connectivity index (χ0v) is 19.2. The van der Waals surface area contributed by atoms with Gasteiger partial charge < -0.3 is 19.3 Å². The van der Waals surface area contributed by atoms with Crippen molar-refractivity contribution in [3.05, 3.63) is 95.6 Å². The van der Waals surface area contributed by atoms with Crippen LogP contribution in [0.4, 0.5) is 0 Å². The Morgan fingerprint density at radius 1 is 0.781 bits per heavy atom. The Hall–Kier alpha value is -2.87. The summed E-state index contributed by atoms with van der Waals surface area (Å²) >= 11 is 0. The van der Waals surface area contributed by atoms with Crippen LogP contribution in [0.1, 0.15) is 23.6 Å². The third kappa shape index (κ3) is 4.65. The van der Waals surface area contributed by atoms with E-state index in [1.165, 1.54) is 6.92 Å². The molecule has 3 rings (SSSR count). The fourth-order valence-electron chi connectivity index (χ4n) is 3.64. The van der Waals surface area contributed by atoms with Gasteiger partial charge in [-0.15, -0.1) is 0 Å². The van der Waals surface area contributed by atoms with Crippen LogP contribution in [0.3, 0.4) is 0 Å². The van der Waals surface area contributed by atoms with Crippen molar-refractivity contribution in [1.82, 2.24) is 0 Å². The predicted octanol–water partition coefficient (Wildman–Crippen LogP) is 3.77. The lowest BCUT2D eigenvalue weighted by Gasteiger charge is -2.38. The molecule has 1 unspecified atom stereocenters. The number of methoxy groups -OCH3 is 2. The van der Waals surface area contributed by atoms with Crippen LogP contribution in [0.5, 0.6) is 11.5 Å². The van der Waals surface area contributed by atoms with Crippen molar-refractivity contribution in [2.24, 2.45) is 0 Å². The predicted molar refractivity (Wildman–Crippen MR) is 124 cm³/mol. The summed E-state index contributed by atoms with van der Waals surface area (Å²) in [5, 5.41) is 10.0. The van der Waals surface area contributed by atoms with Crippen LogP contribution in [-0.2, 0) is 20.2 Å². The van der Waals surface area contributed by atoms with Crippen LogP contribution < -0.4 is 9.47 Å². The van der Waals surface area contributed by atoms with E-state index in [0.717, 1.165) is 5.56 Å². The van der Waals surface area contributed by atoms with Gasteiger partial charge in [0, 0.05) is 0 Å². The number of ether oxygens (including phenoxy) is 3. The fourth-order valence-corrected chi connectivity index (χ4v) is 4.53. The van der Waals surface area contributed by atoms with E-state index in [1.54, 1.807) is 38.5 Å². The summed E-state index contributed by atoms with van der Waals surface area (Å²) in [4.78, 5) is 0. The molecule has 3 aromatic carbocycles. The van der Waals surface area contributed by atoms with E-state index >= 15 is 0 Å². The number of sulfone groups is 1. The summed E-state index contributed by atoms with van der Waals surface area (Å²) in [5.41, 5.74) is -0.619. The molecule has 7 heteroatoms. The highest BCUT2D eigenvalue weighted by molar-refractivity contribution is 7.91. The molecule has 0 aromatic heterocycles. The maximum absolute atomic E-state index is 12.8. The molecule has 0 amide bonds. The van der Waals surface area contributed by atoms with E-state index in [0.29, 0.717) is 22.6 Å². The van der Waals surface area contributed by atoms with E-state index in [4.69, 9.17) is 14.2 Å². The lowest BCUT2D eigenvalue weighted by Crippen LogP contribution is -2.42. The topological polar surface area (TPSA) is 82.1 Å². The number of benzene rings is 3. The van der Waals surface area contributed by atoms with E-state index < -0.39 is 27.5 Å². The van der Waals surface area contributed by atoms with Crippen molar-refractivity contribution in [3.8, 4) is 11.5 Å². The number of hydrogen-bond acceptors (Lipinski definition) is 6. The summed E-state index contributed by atoms with van der Waals surface area (Å²) in [6.07, 6.45) is 0. The van der Waals surface area contributed by atoms with Gasteiger partial charge in [-0.3, -0.25) is 0 Å². The monoisotopic (exact) mass is 456 g/mol. The summed E-state index contributed by atoms with van der Waals surface area (Å²) in [7, 11) is -0.558. The molecular formula is C25H28O6S. The number of rotatable bonds is 10. The van der Waals surface area contributed by atoms with Crippen LogP contribution in [0, 0.1) is 0 Å². The molecule has 1 atom stereocenters. The van der Waals surface area contributed by atoms with Gasteiger partial charge in [-0.25, -0.2) is 8.42 Å². The molecule has 1 N–H and O–H groups in total. The van der Waals surface area contributed by atoms with Crippen molar-refractivity contribution in [3.63, 3.8) is 0 Å². The maximum Gasteiger partial charge on any atom is 0.183 e. The van der Waals surface area contributed by atoms with Gasteiger partial charge in [0.25, 0.3) is 0 Å². The van der Waals surface area contributed by atoms with Gasteiger partial charge in [0.1, 0.15) is 17.1 Å². The first-order chi connectivity index (χ1) is 15.4. The smallest absolute Gasteiger partial charge is 0.183 e. The average molecular weight is 457 g/mol. The third-order valence-electron chi connectivity index (χ3n) is 5.43. The third-order valence-corrected chi connectivity index (χ3v) is 7.28. The fraction of sp³-hybridized carbons (Fsp3) is 0.280. The first kappa shape index (κ1) is 23.8. The van der Waals surface area contributed by atoms with Crippen molar-refractivity contribution in [2.75, 3.05) is 26.6 Å². The first-order valence-electron chi connectivity index (χ1n) is 10.3. The highest BCUT2D eigenvalue weighted by Gasteiger charge is 2.42. The second kappa shape index (κ2) is 10.2. The molecule has 0 radical (unpaired) electrons. The minimum Gasteiger partial charge on any atom is -0.497 e. The Balaban J connectivity index is 2.33. The summed E-state index contributed by atoms with van der Waals surface area (Å²) < 4.78 is 42.6. The van der Waals surface area contributed by atoms with Crippen molar-refractivity contribution in [1.29, 1.82) is 0 Å². The van der Waals surface area contributed by atoms with E-state index in [1.807, 2.05) is 54.6 Å². The normalized spacial score (nSPS) is 12.9. The van der Waals surface area contributed by atoms with Crippen LogP contribution >= 0.6 is 0 Å². The van der Waals surface area contributed by atoms with Gasteiger partial charge in [-0.2, -0.15) is 0 Å². The zero-order valence-electron chi connectivity index (χ0n) is 18.4. The van der Waals surface area contributed by atoms with Gasteiger partial charge in [0.2, 0.25) is 0 Å². The quantitative estimate of drug-likeness (QED) is 0.468. The van der Waals surface area contributed by atoms with E-state index in [2.05, 4.69) is 0 Å². The lowest BCUT2D eigenvalue weighted by molar-refractivity contribution is -0.0302. The Kier molecular flexibility index (Phi) is 7.56. The SMILES string of the molecule is CCS(=O)(=O)C(CO)OC(c1ccccc1)(c1ccc(OC)cc1)c1ccc(OC)cc1. The minimum absolute atomic E-state index is 0.158. The van der Waals surface area contributed by atoms with Gasteiger partial charge in [-0.05, 0) is 41.0 Å². The molecule has 0 aliphatic carbocycles. The highest BCUT2D eigenvalue weighted by atomic mass is 32.2. The zero-order chi connectivity index (χ0) is 23.2. The van der Waals surface area contributed by atoms with E-state index in [9.17, 15) is 13.5 Å². The molecule has 0 bridgehead atoms. The van der Waals surface area contributed by atoms with Gasteiger partial charge >= 0.3 is 0 Å². The Bertz CT molecular complexity index is 1050. The average Bonchev–Trinajstić information content (AvgIpc) is 2.85. The summed E-state index contributed by atoms with van der Waals surface area (Å²) in [6, 6.07) is 23.9. The molecule has 170 valence electrons. The van der Waals surface area contributed by atoms with Crippen molar-refractivity contribution >= 4 is 9.84 Å². The first-order valence-corrected chi connectivity index (χ1v) is 12.0. The molecule has 0 saturated carbocycles. The second-order valence-corrected chi connectivity index (χ2v) is 9.61. The van der Waals surface area contributed by atoms with Crippen molar-refractivity contribution < 1.29 is 27.7 Å². The van der Waals surface area contributed by atoms with Crippen LogP contribution in [0.15, 0.2) is 78.9 Å². The molecule has 0 spiro atoms. The lowest BCUT2D eigenvalue weighted by atomic mass is 9.80. The largest absolute Gasteiger partial charge is 0.497 e. The van der Waals surface area contributed by atoms with E-state index in [-0.39, 0.29) is 5.75 Å². The van der Waals surface area contributed by atoms with Crippen LogP contribution in [-0.4, -0.2) is 45.5 Å². The molecular weight excluding hydrogens is 428 g/mol. The standard InChI is InChI=1S/C25H28O6S/c1-4-32(27,28)24(18-26)31-25(19-8-6-5-7-9-19,20-10-14-22(29-2)15-11-20)21-12-16-23(30-3)17-13-21/h5-17,24,26H,4,18H2,1-3H3.